The summed E-state index contributed by atoms with van der Waals surface area (Å²) in [7, 11) is 0. The SMILES string of the molecule is Cc1nc(Cc2c(C(=O)OC(C)(C)C)[nH]c3ccccc23)c(=O)n(O)c1C. The molecule has 0 aliphatic carbocycles. The normalized spacial score (nSPS) is 11.7. The molecule has 27 heavy (non-hydrogen) atoms. The zero-order chi connectivity index (χ0) is 19.9. The number of para-hydroxylation sites is 1. The lowest BCUT2D eigenvalue weighted by atomic mass is 10.0. The molecule has 0 fully saturated rings. The summed E-state index contributed by atoms with van der Waals surface area (Å²) in [5.41, 5.74) is 1.51. The van der Waals surface area contributed by atoms with E-state index in [1.807, 2.05) is 24.3 Å². The van der Waals surface area contributed by atoms with Crippen LogP contribution < -0.4 is 5.56 Å². The number of nitrogens with one attached hydrogen (secondary N) is 1. The fraction of sp³-hybridized carbons (Fsp3) is 0.350. The summed E-state index contributed by atoms with van der Waals surface area (Å²) in [6.45, 7) is 8.72. The van der Waals surface area contributed by atoms with Crippen LogP contribution in [0.2, 0.25) is 0 Å². The largest absolute Gasteiger partial charge is 0.455 e. The molecule has 0 bridgehead atoms. The second kappa shape index (κ2) is 6.57. The van der Waals surface area contributed by atoms with Crippen molar-refractivity contribution < 1.29 is 14.7 Å². The maximum absolute atomic E-state index is 12.7. The molecule has 3 aromatic rings. The number of nitrogens with zero attached hydrogens (tertiary/aromatic N) is 2. The van der Waals surface area contributed by atoms with Crippen molar-refractivity contribution in [1.82, 2.24) is 14.7 Å². The van der Waals surface area contributed by atoms with Crippen LogP contribution in [0, 0.1) is 13.8 Å². The van der Waals surface area contributed by atoms with Crippen LogP contribution in [-0.2, 0) is 11.2 Å². The van der Waals surface area contributed by atoms with Crippen molar-refractivity contribution in [2.75, 3.05) is 0 Å². The second-order valence-electron chi connectivity index (χ2n) is 7.55. The van der Waals surface area contributed by atoms with E-state index in [1.54, 1.807) is 34.6 Å². The van der Waals surface area contributed by atoms with Gasteiger partial charge in [-0.1, -0.05) is 18.2 Å². The van der Waals surface area contributed by atoms with Crippen molar-refractivity contribution in [3.63, 3.8) is 0 Å². The van der Waals surface area contributed by atoms with Crippen LogP contribution in [0.25, 0.3) is 10.9 Å². The van der Waals surface area contributed by atoms with Gasteiger partial charge in [-0.2, -0.15) is 0 Å². The van der Waals surface area contributed by atoms with Crippen molar-refractivity contribution >= 4 is 16.9 Å². The summed E-state index contributed by atoms with van der Waals surface area (Å²) in [6, 6.07) is 7.44. The molecule has 7 heteroatoms. The molecule has 0 saturated carbocycles. The van der Waals surface area contributed by atoms with Gasteiger partial charge < -0.3 is 14.9 Å². The molecule has 142 valence electrons. The zero-order valence-corrected chi connectivity index (χ0v) is 16.1. The van der Waals surface area contributed by atoms with E-state index in [0.29, 0.717) is 21.7 Å². The van der Waals surface area contributed by atoms with Crippen molar-refractivity contribution in [3.05, 3.63) is 63.0 Å². The Balaban J connectivity index is 2.15. The maximum atomic E-state index is 12.7. The molecule has 2 N–H and O–H groups in total. The standard InChI is InChI=1S/C20H23N3O4/c1-11-12(2)23(26)18(24)16(21-11)10-14-13-8-6-7-9-15(13)22-17(14)19(25)27-20(3,4)5/h6-9,22,26H,10H2,1-5H3. The first-order valence-corrected chi connectivity index (χ1v) is 8.70. The molecule has 0 radical (unpaired) electrons. The van der Waals surface area contributed by atoms with Crippen molar-refractivity contribution in [2.24, 2.45) is 0 Å². The predicted octanol–water partition coefficient (Wildman–Crippen LogP) is 3.12. The Kier molecular flexibility index (Phi) is 4.55. The number of benzene rings is 1. The summed E-state index contributed by atoms with van der Waals surface area (Å²) in [6.07, 6.45) is 0.0963. The molecular formula is C20H23N3O4. The highest BCUT2D eigenvalue weighted by Crippen LogP contribution is 2.26. The molecule has 0 aliphatic rings. The van der Waals surface area contributed by atoms with Crippen molar-refractivity contribution in [3.8, 4) is 0 Å². The smallest absolute Gasteiger partial charge is 0.355 e. The Labute approximate surface area is 156 Å². The highest BCUT2D eigenvalue weighted by Gasteiger charge is 2.25. The molecule has 2 heterocycles. The Bertz CT molecular complexity index is 1090. The summed E-state index contributed by atoms with van der Waals surface area (Å²) in [5, 5.41) is 10.8. The molecule has 0 saturated heterocycles. The quantitative estimate of drug-likeness (QED) is 0.546. The summed E-state index contributed by atoms with van der Waals surface area (Å²) in [5.74, 6) is -0.498. The minimum atomic E-state index is -0.651. The van der Waals surface area contributed by atoms with Gasteiger partial charge in [0.25, 0.3) is 0 Å². The minimum Gasteiger partial charge on any atom is -0.455 e. The van der Waals surface area contributed by atoms with Gasteiger partial charge in [0.05, 0.1) is 11.4 Å². The third-order valence-electron chi connectivity index (χ3n) is 4.34. The fourth-order valence-electron chi connectivity index (χ4n) is 2.93. The Morgan fingerprint density at radius 2 is 1.93 bits per heavy atom. The topological polar surface area (TPSA) is 97.2 Å². The van der Waals surface area contributed by atoms with Gasteiger partial charge >= 0.3 is 11.5 Å². The van der Waals surface area contributed by atoms with Gasteiger partial charge in [-0.15, -0.1) is 4.73 Å². The highest BCUT2D eigenvalue weighted by atomic mass is 16.6. The monoisotopic (exact) mass is 369 g/mol. The number of hydrogen-bond donors (Lipinski definition) is 2. The molecule has 0 atom stereocenters. The third-order valence-corrected chi connectivity index (χ3v) is 4.34. The van der Waals surface area contributed by atoms with Crippen molar-refractivity contribution in [2.45, 2.75) is 46.6 Å². The second-order valence-corrected chi connectivity index (χ2v) is 7.55. The lowest BCUT2D eigenvalue weighted by molar-refractivity contribution is 0.00628. The number of carbonyl (C=O) groups is 1. The minimum absolute atomic E-state index is 0.0963. The van der Waals surface area contributed by atoms with Gasteiger partial charge in [0, 0.05) is 17.3 Å². The van der Waals surface area contributed by atoms with Gasteiger partial charge in [0.15, 0.2) is 0 Å². The van der Waals surface area contributed by atoms with Crippen LogP contribution in [-0.4, -0.2) is 31.5 Å². The van der Waals surface area contributed by atoms with E-state index in [2.05, 4.69) is 9.97 Å². The lowest BCUT2D eigenvalue weighted by Crippen LogP contribution is -2.28. The lowest BCUT2D eigenvalue weighted by Gasteiger charge is -2.19. The van der Waals surface area contributed by atoms with Crippen molar-refractivity contribution in [1.29, 1.82) is 0 Å². The molecule has 0 spiro atoms. The van der Waals surface area contributed by atoms with E-state index in [0.717, 1.165) is 10.9 Å². The summed E-state index contributed by atoms with van der Waals surface area (Å²) >= 11 is 0. The molecule has 1 aromatic carbocycles. The molecule has 7 nitrogen and oxygen atoms in total. The van der Waals surface area contributed by atoms with E-state index >= 15 is 0 Å². The number of fused-ring (bicyclic) bond motifs is 1. The van der Waals surface area contributed by atoms with Gasteiger partial charge in [-0.25, -0.2) is 9.78 Å². The number of aryl methyl sites for hydroxylation is 1. The predicted molar refractivity (Wildman–Crippen MR) is 101 cm³/mol. The molecular weight excluding hydrogens is 346 g/mol. The molecule has 2 aromatic heterocycles. The first-order valence-electron chi connectivity index (χ1n) is 8.70. The molecule has 0 amide bonds. The molecule has 0 aliphatic heterocycles. The highest BCUT2D eigenvalue weighted by molar-refractivity contribution is 5.98. The first kappa shape index (κ1) is 18.7. The molecule has 0 unspecified atom stereocenters. The van der Waals surface area contributed by atoms with Gasteiger partial charge in [-0.3, -0.25) is 4.79 Å². The number of carbonyl (C=O) groups excluding carboxylic acids is 1. The number of esters is 1. The summed E-state index contributed by atoms with van der Waals surface area (Å²) in [4.78, 5) is 32.6. The Morgan fingerprint density at radius 1 is 1.26 bits per heavy atom. The first-order chi connectivity index (χ1) is 12.6. The number of H-pyrrole nitrogens is 1. The summed E-state index contributed by atoms with van der Waals surface area (Å²) < 4.78 is 6.10. The van der Waals surface area contributed by atoms with Crippen LogP contribution in [0.5, 0.6) is 0 Å². The van der Waals surface area contributed by atoms with Crippen LogP contribution >= 0.6 is 0 Å². The number of rotatable bonds is 3. The number of ether oxygens (including phenoxy) is 1. The van der Waals surface area contributed by atoms with Gasteiger partial charge in [-0.05, 0) is 46.2 Å². The van der Waals surface area contributed by atoms with E-state index < -0.39 is 17.1 Å². The van der Waals surface area contributed by atoms with Gasteiger partial charge in [0.2, 0.25) is 0 Å². The van der Waals surface area contributed by atoms with E-state index in [4.69, 9.17) is 4.74 Å². The number of aromatic amines is 1. The van der Waals surface area contributed by atoms with E-state index in [-0.39, 0.29) is 17.8 Å². The van der Waals surface area contributed by atoms with E-state index in [9.17, 15) is 14.8 Å². The van der Waals surface area contributed by atoms with Crippen LogP contribution in [0.1, 0.15) is 53.9 Å². The average molecular weight is 369 g/mol. The van der Waals surface area contributed by atoms with Gasteiger partial charge in [0.1, 0.15) is 17.0 Å². The van der Waals surface area contributed by atoms with Crippen LogP contribution in [0.3, 0.4) is 0 Å². The van der Waals surface area contributed by atoms with E-state index in [1.165, 1.54) is 0 Å². The van der Waals surface area contributed by atoms with Crippen LogP contribution in [0.4, 0.5) is 0 Å². The van der Waals surface area contributed by atoms with Crippen LogP contribution in [0.15, 0.2) is 29.1 Å². The Hall–Kier alpha value is -3.09. The number of hydrogen-bond acceptors (Lipinski definition) is 5. The average Bonchev–Trinajstić information content (AvgIpc) is 2.95. The zero-order valence-electron chi connectivity index (χ0n) is 16.1. The Morgan fingerprint density at radius 3 is 2.59 bits per heavy atom. The maximum Gasteiger partial charge on any atom is 0.355 e. The molecule has 3 rings (SSSR count). The number of aromatic nitrogens is 3. The third kappa shape index (κ3) is 3.58. The fourth-order valence-corrected chi connectivity index (χ4v) is 2.93.